The van der Waals surface area contributed by atoms with E-state index in [0.29, 0.717) is 17.1 Å². The fourth-order valence-corrected chi connectivity index (χ4v) is 1.91. The molecule has 1 aromatic rings. The maximum atomic E-state index is 12.4. The van der Waals surface area contributed by atoms with Gasteiger partial charge in [-0.3, -0.25) is 9.59 Å². The van der Waals surface area contributed by atoms with Gasteiger partial charge in [0.1, 0.15) is 6.54 Å². The SMILES string of the molecule is CCCN(CC(=O)OC)C(=O)c1cc(Cl)ccc1C. The maximum Gasteiger partial charge on any atom is 0.325 e. The zero-order valence-electron chi connectivity index (χ0n) is 11.4. The van der Waals surface area contributed by atoms with Crippen LogP contribution in [0.15, 0.2) is 18.2 Å². The molecule has 1 aromatic carbocycles. The predicted octanol–water partition coefficient (Wildman–Crippen LogP) is 2.67. The molecule has 0 unspecified atom stereocenters. The quantitative estimate of drug-likeness (QED) is 0.781. The number of esters is 1. The Bertz CT molecular complexity index is 474. The summed E-state index contributed by atoms with van der Waals surface area (Å²) in [5.74, 6) is -0.631. The first kappa shape index (κ1) is 15.5. The Kier molecular flexibility index (Phi) is 5.83. The van der Waals surface area contributed by atoms with Crippen LogP contribution >= 0.6 is 11.6 Å². The number of carbonyl (C=O) groups is 2. The van der Waals surface area contributed by atoms with E-state index in [9.17, 15) is 9.59 Å². The van der Waals surface area contributed by atoms with Crippen molar-refractivity contribution in [1.82, 2.24) is 4.90 Å². The van der Waals surface area contributed by atoms with Gasteiger partial charge in [-0.1, -0.05) is 24.6 Å². The second-order valence-corrected chi connectivity index (χ2v) is 4.70. The van der Waals surface area contributed by atoms with E-state index in [4.69, 9.17) is 11.6 Å². The number of hydrogen-bond acceptors (Lipinski definition) is 3. The monoisotopic (exact) mass is 283 g/mol. The fourth-order valence-electron chi connectivity index (χ4n) is 1.74. The lowest BCUT2D eigenvalue weighted by molar-refractivity contribution is -0.141. The highest BCUT2D eigenvalue weighted by atomic mass is 35.5. The third kappa shape index (κ3) is 4.24. The third-order valence-corrected chi connectivity index (χ3v) is 2.99. The Morgan fingerprint density at radius 3 is 2.63 bits per heavy atom. The van der Waals surface area contributed by atoms with Crippen LogP contribution in [0.3, 0.4) is 0 Å². The number of benzene rings is 1. The molecule has 0 aliphatic heterocycles. The molecule has 0 saturated heterocycles. The first-order chi connectivity index (χ1) is 8.99. The Hall–Kier alpha value is -1.55. The summed E-state index contributed by atoms with van der Waals surface area (Å²) in [4.78, 5) is 25.2. The van der Waals surface area contributed by atoms with E-state index >= 15 is 0 Å². The molecule has 0 bridgehead atoms. The van der Waals surface area contributed by atoms with Crippen LogP contribution in [0.5, 0.6) is 0 Å². The molecule has 0 saturated carbocycles. The lowest BCUT2D eigenvalue weighted by Crippen LogP contribution is -2.37. The van der Waals surface area contributed by atoms with E-state index < -0.39 is 5.97 Å². The van der Waals surface area contributed by atoms with E-state index in [0.717, 1.165) is 12.0 Å². The molecule has 0 spiro atoms. The molecule has 0 aliphatic carbocycles. The van der Waals surface area contributed by atoms with E-state index in [1.165, 1.54) is 12.0 Å². The van der Waals surface area contributed by atoms with Crippen molar-refractivity contribution in [3.8, 4) is 0 Å². The van der Waals surface area contributed by atoms with Crippen LogP contribution in [0.4, 0.5) is 0 Å². The van der Waals surface area contributed by atoms with E-state index in [1.54, 1.807) is 18.2 Å². The summed E-state index contributed by atoms with van der Waals surface area (Å²) in [5, 5.41) is 0.503. The van der Waals surface area contributed by atoms with Gasteiger partial charge < -0.3 is 9.64 Å². The van der Waals surface area contributed by atoms with Gasteiger partial charge in [0.2, 0.25) is 0 Å². The van der Waals surface area contributed by atoms with Crippen LogP contribution in [-0.2, 0) is 9.53 Å². The Balaban J connectivity index is 2.98. The lowest BCUT2D eigenvalue weighted by atomic mass is 10.1. The Labute approximate surface area is 118 Å². The third-order valence-electron chi connectivity index (χ3n) is 2.76. The average Bonchev–Trinajstić information content (AvgIpc) is 2.40. The number of aryl methyl sites for hydroxylation is 1. The highest BCUT2D eigenvalue weighted by Gasteiger charge is 2.20. The van der Waals surface area contributed by atoms with Gasteiger partial charge in [-0.15, -0.1) is 0 Å². The van der Waals surface area contributed by atoms with Crippen LogP contribution < -0.4 is 0 Å². The van der Waals surface area contributed by atoms with Crippen molar-refractivity contribution in [1.29, 1.82) is 0 Å². The molecule has 0 fully saturated rings. The highest BCUT2D eigenvalue weighted by Crippen LogP contribution is 2.17. The van der Waals surface area contributed by atoms with Gasteiger partial charge in [0.05, 0.1) is 7.11 Å². The number of hydrogen-bond donors (Lipinski definition) is 0. The topological polar surface area (TPSA) is 46.6 Å². The van der Waals surface area contributed by atoms with Crippen molar-refractivity contribution >= 4 is 23.5 Å². The first-order valence-corrected chi connectivity index (χ1v) is 6.49. The molecule has 0 heterocycles. The molecule has 104 valence electrons. The zero-order valence-corrected chi connectivity index (χ0v) is 12.2. The standard InChI is InChI=1S/C14H18ClNO3/c1-4-7-16(9-13(17)19-3)14(18)12-8-11(15)6-5-10(12)2/h5-6,8H,4,7,9H2,1-3H3. The van der Waals surface area contributed by atoms with Crippen LogP contribution in [-0.4, -0.2) is 37.0 Å². The van der Waals surface area contributed by atoms with Crippen molar-refractivity contribution in [3.05, 3.63) is 34.3 Å². The van der Waals surface area contributed by atoms with Crippen LogP contribution in [0.25, 0.3) is 0 Å². The van der Waals surface area contributed by atoms with Gasteiger partial charge in [-0.25, -0.2) is 0 Å². The first-order valence-electron chi connectivity index (χ1n) is 6.11. The summed E-state index contributed by atoms with van der Waals surface area (Å²) in [6.45, 7) is 4.24. The highest BCUT2D eigenvalue weighted by molar-refractivity contribution is 6.31. The minimum Gasteiger partial charge on any atom is -0.468 e. The second-order valence-electron chi connectivity index (χ2n) is 4.26. The minimum absolute atomic E-state index is 0.0465. The Morgan fingerprint density at radius 1 is 1.37 bits per heavy atom. The normalized spacial score (nSPS) is 10.1. The van der Waals surface area contributed by atoms with Gasteiger partial charge >= 0.3 is 5.97 Å². The molecular weight excluding hydrogens is 266 g/mol. The maximum absolute atomic E-state index is 12.4. The molecule has 1 rings (SSSR count). The summed E-state index contributed by atoms with van der Waals surface area (Å²) in [5.41, 5.74) is 1.35. The molecule has 0 atom stereocenters. The van der Waals surface area contributed by atoms with Crippen molar-refractivity contribution < 1.29 is 14.3 Å². The van der Waals surface area contributed by atoms with Crippen molar-refractivity contribution in [3.63, 3.8) is 0 Å². The molecule has 5 heteroatoms. The van der Waals surface area contributed by atoms with Gasteiger partial charge in [0.15, 0.2) is 0 Å². The van der Waals surface area contributed by atoms with Gasteiger partial charge in [-0.05, 0) is 31.0 Å². The number of ether oxygens (including phenoxy) is 1. The average molecular weight is 284 g/mol. The van der Waals surface area contributed by atoms with Crippen LogP contribution in [0.2, 0.25) is 5.02 Å². The number of amides is 1. The van der Waals surface area contributed by atoms with Crippen molar-refractivity contribution in [2.24, 2.45) is 0 Å². The van der Waals surface area contributed by atoms with Gasteiger partial charge in [0, 0.05) is 17.1 Å². The summed E-state index contributed by atoms with van der Waals surface area (Å²) < 4.78 is 4.61. The van der Waals surface area contributed by atoms with E-state index in [-0.39, 0.29) is 12.5 Å². The number of carbonyl (C=O) groups excluding carboxylic acids is 2. The number of rotatable bonds is 5. The number of halogens is 1. The zero-order chi connectivity index (χ0) is 14.4. The fraction of sp³-hybridized carbons (Fsp3) is 0.429. The molecule has 0 radical (unpaired) electrons. The van der Waals surface area contributed by atoms with Crippen molar-refractivity contribution in [2.45, 2.75) is 20.3 Å². The number of methoxy groups -OCH3 is 1. The minimum atomic E-state index is -0.429. The van der Waals surface area contributed by atoms with Crippen molar-refractivity contribution in [2.75, 3.05) is 20.2 Å². The number of nitrogens with zero attached hydrogens (tertiary/aromatic N) is 1. The van der Waals surface area contributed by atoms with Crippen LogP contribution in [0.1, 0.15) is 29.3 Å². The molecule has 1 amide bonds. The summed E-state index contributed by atoms with van der Waals surface area (Å²) in [6, 6.07) is 5.15. The molecular formula is C14H18ClNO3. The Morgan fingerprint density at radius 2 is 2.05 bits per heavy atom. The largest absolute Gasteiger partial charge is 0.468 e. The summed E-state index contributed by atoms with van der Waals surface area (Å²) >= 11 is 5.91. The summed E-state index contributed by atoms with van der Waals surface area (Å²) in [7, 11) is 1.31. The smallest absolute Gasteiger partial charge is 0.325 e. The molecule has 19 heavy (non-hydrogen) atoms. The van der Waals surface area contributed by atoms with Gasteiger partial charge in [0.25, 0.3) is 5.91 Å². The molecule has 4 nitrogen and oxygen atoms in total. The predicted molar refractivity (Wildman–Crippen MR) is 74.4 cm³/mol. The molecule has 0 aromatic heterocycles. The van der Waals surface area contributed by atoms with Gasteiger partial charge in [-0.2, -0.15) is 0 Å². The summed E-state index contributed by atoms with van der Waals surface area (Å²) in [6.07, 6.45) is 0.766. The lowest BCUT2D eigenvalue weighted by Gasteiger charge is -2.21. The molecule has 0 aliphatic rings. The van der Waals surface area contributed by atoms with E-state index in [1.807, 2.05) is 13.8 Å². The van der Waals surface area contributed by atoms with Crippen LogP contribution in [0, 0.1) is 6.92 Å². The molecule has 0 N–H and O–H groups in total. The second kappa shape index (κ2) is 7.14. The van der Waals surface area contributed by atoms with E-state index in [2.05, 4.69) is 4.74 Å².